The number of aryl methyl sites for hydroxylation is 1. The van der Waals surface area contributed by atoms with Crippen molar-refractivity contribution in [3.8, 4) is 5.75 Å². The van der Waals surface area contributed by atoms with E-state index in [2.05, 4.69) is 0 Å². The van der Waals surface area contributed by atoms with Crippen LogP contribution in [0.5, 0.6) is 5.75 Å². The summed E-state index contributed by atoms with van der Waals surface area (Å²) in [6.45, 7) is 8.67. The molecule has 0 aliphatic rings. The largest absolute Gasteiger partial charge is 0.519 e. The highest BCUT2D eigenvalue weighted by molar-refractivity contribution is 6.65. The number of halogens is 1. The number of hydrogen-bond acceptors (Lipinski definition) is 2. The summed E-state index contributed by atoms with van der Waals surface area (Å²) in [4.78, 5) is 0. The summed E-state index contributed by atoms with van der Waals surface area (Å²) in [5.74, 6) is 0.724. The molecule has 0 atom stereocenters. The van der Waals surface area contributed by atoms with Crippen LogP contribution in [0.25, 0.3) is 0 Å². The molecule has 0 aliphatic carbocycles. The van der Waals surface area contributed by atoms with Gasteiger partial charge in [0.1, 0.15) is 5.75 Å². The zero-order chi connectivity index (χ0) is 11.5. The second kappa shape index (κ2) is 5.01. The summed E-state index contributed by atoms with van der Waals surface area (Å²) in [6, 6.07) is 5.75. The van der Waals surface area contributed by atoms with Crippen molar-refractivity contribution in [1.29, 1.82) is 0 Å². The van der Waals surface area contributed by atoms with Crippen LogP contribution in [0.4, 0.5) is 0 Å². The third kappa shape index (κ3) is 3.85. The SMILES string of the molecule is CCO[Si](C)(C)Oc1cc(C)ccc1Cl. The van der Waals surface area contributed by atoms with Crippen molar-refractivity contribution in [2.45, 2.75) is 26.9 Å². The van der Waals surface area contributed by atoms with E-state index in [4.69, 9.17) is 20.5 Å². The van der Waals surface area contributed by atoms with Gasteiger partial charge in [-0.1, -0.05) is 17.7 Å². The van der Waals surface area contributed by atoms with Crippen LogP contribution in [0.2, 0.25) is 18.1 Å². The lowest BCUT2D eigenvalue weighted by Crippen LogP contribution is -2.38. The third-order valence-corrected chi connectivity index (χ3v) is 3.94. The van der Waals surface area contributed by atoms with E-state index in [0.29, 0.717) is 11.6 Å². The van der Waals surface area contributed by atoms with Gasteiger partial charge in [0, 0.05) is 6.61 Å². The summed E-state index contributed by atoms with van der Waals surface area (Å²) >= 11 is 6.04. The molecule has 2 nitrogen and oxygen atoms in total. The molecule has 0 unspecified atom stereocenters. The Labute approximate surface area is 97.4 Å². The maximum absolute atomic E-state index is 6.04. The van der Waals surface area contributed by atoms with Crippen LogP contribution >= 0.6 is 11.6 Å². The van der Waals surface area contributed by atoms with Crippen molar-refractivity contribution >= 4 is 20.2 Å². The van der Waals surface area contributed by atoms with Crippen LogP contribution in [-0.2, 0) is 4.43 Å². The molecule has 1 aromatic rings. The fraction of sp³-hybridized carbons (Fsp3) is 0.455. The molecule has 0 fully saturated rings. The lowest BCUT2D eigenvalue weighted by atomic mass is 10.2. The fourth-order valence-corrected chi connectivity index (χ4v) is 3.00. The van der Waals surface area contributed by atoms with Crippen LogP contribution in [0.1, 0.15) is 12.5 Å². The standard InChI is InChI=1S/C11H17ClO2Si/c1-5-13-15(3,4)14-11-8-9(2)6-7-10(11)12/h6-8H,5H2,1-4H3. The molecule has 0 bridgehead atoms. The van der Waals surface area contributed by atoms with Gasteiger partial charge in [-0.15, -0.1) is 0 Å². The molecule has 0 amide bonds. The molecule has 0 aliphatic heterocycles. The molecular weight excluding hydrogens is 228 g/mol. The van der Waals surface area contributed by atoms with Crippen LogP contribution < -0.4 is 4.43 Å². The monoisotopic (exact) mass is 244 g/mol. The first kappa shape index (κ1) is 12.6. The maximum atomic E-state index is 6.04. The predicted octanol–water partition coefficient (Wildman–Crippen LogP) is 3.77. The summed E-state index contributed by atoms with van der Waals surface area (Å²) in [5, 5.41) is 0.640. The first-order valence-corrected chi connectivity index (χ1v) is 8.23. The van der Waals surface area contributed by atoms with E-state index in [0.717, 1.165) is 11.3 Å². The number of benzene rings is 1. The molecule has 1 aromatic carbocycles. The summed E-state index contributed by atoms with van der Waals surface area (Å²) in [7, 11) is -2.08. The van der Waals surface area contributed by atoms with Gasteiger partial charge in [-0.25, -0.2) is 0 Å². The van der Waals surface area contributed by atoms with E-state index < -0.39 is 8.56 Å². The van der Waals surface area contributed by atoms with Gasteiger partial charge in [-0.05, 0) is 44.6 Å². The van der Waals surface area contributed by atoms with E-state index in [-0.39, 0.29) is 0 Å². The molecule has 0 spiro atoms. The Kier molecular flexibility index (Phi) is 4.19. The normalized spacial score (nSPS) is 11.5. The Bertz CT molecular complexity index is 339. The van der Waals surface area contributed by atoms with Gasteiger partial charge in [0.05, 0.1) is 5.02 Å². The van der Waals surface area contributed by atoms with Gasteiger partial charge in [0.2, 0.25) is 0 Å². The van der Waals surface area contributed by atoms with Crippen molar-refractivity contribution in [2.75, 3.05) is 6.61 Å². The molecule has 0 radical (unpaired) electrons. The summed E-state index contributed by atoms with van der Waals surface area (Å²) < 4.78 is 11.4. The Morgan fingerprint density at radius 1 is 1.33 bits per heavy atom. The topological polar surface area (TPSA) is 18.5 Å². The Morgan fingerprint density at radius 3 is 2.60 bits per heavy atom. The first-order chi connectivity index (χ1) is 6.94. The minimum absolute atomic E-state index is 0.640. The van der Waals surface area contributed by atoms with Gasteiger partial charge in [-0.2, -0.15) is 0 Å². The van der Waals surface area contributed by atoms with Gasteiger partial charge in [-0.3, -0.25) is 0 Å². The number of rotatable bonds is 4. The highest BCUT2D eigenvalue weighted by Crippen LogP contribution is 2.27. The molecule has 0 aromatic heterocycles. The van der Waals surface area contributed by atoms with E-state index in [9.17, 15) is 0 Å². The first-order valence-electron chi connectivity index (χ1n) is 5.04. The molecule has 0 heterocycles. The molecule has 15 heavy (non-hydrogen) atoms. The molecule has 4 heteroatoms. The molecule has 1 rings (SSSR count). The van der Waals surface area contributed by atoms with Gasteiger partial charge >= 0.3 is 8.56 Å². The second-order valence-electron chi connectivity index (χ2n) is 3.87. The Morgan fingerprint density at radius 2 is 2.00 bits per heavy atom. The van der Waals surface area contributed by atoms with E-state index >= 15 is 0 Å². The zero-order valence-electron chi connectivity index (χ0n) is 9.63. The van der Waals surface area contributed by atoms with E-state index in [1.165, 1.54) is 0 Å². The Hall–Kier alpha value is -0.513. The van der Waals surface area contributed by atoms with Crippen molar-refractivity contribution in [3.05, 3.63) is 28.8 Å². The van der Waals surface area contributed by atoms with Gasteiger partial charge in [0.15, 0.2) is 0 Å². The molecule has 0 saturated heterocycles. The Balaban J connectivity index is 2.83. The van der Waals surface area contributed by atoms with Gasteiger partial charge in [0.25, 0.3) is 0 Å². The van der Waals surface area contributed by atoms with Crippen LogP contribution in [0.15, 0.2) is 18.2 Å². The summed E-state index contributed by atoms with van der Waals surface area (Å²) in [6.07, 6.45) is 0. The lowest BCUT2D eigenvalue weighted by molar-refractivity contribution is 0.264. The maximum Gasteiger partial charge on any atom is 0.392 e. The second-order valence-corrected chi connectivity index (χ2v) is 7.57. The highest BCUT2D eigenvalue weighted by atomic mass is 35.5. The minimum Gasteiger partial charge on any atom is -0.519 e. The minimum atomic E-state index is -2.08. The average Bonchev–Trinajstić information content (AvgIpc) is 2.10. The highest BCUT2D eigenvalue weighted by Gasteiger charge is 2.26. The van der Waals surface area contributed by atoms with Crippen LogP contribution in [0, 0.1) is 6.92 Å². The molecule has 84 valence electrons. The average molecular weight is 245 g/mol. The predicted molar refractivity (Wildman–Crippen MR) is 65.9 cm³/mol. The van der Waals surface area contributed by atoms with Crippen molar-refractivity contribution in [1.82, 2.24) is 0 Å². The van der Waals surface area contributed by atoms with E-state index in [1.54, 1.807) is 0 Å². The van der Waals surface area contributed by atoms with Crippen molar-refractivity contribution < 1.29 is 8.85 Å². The third-order valence-electron chi connectivity index (χ3n) is 1.93. The molecular formula is C11H17ClO2Si. The van der Waals surface area contributed by atoms with E-state index in [1.807, 2.05) is 45.1 Å². The van der Waals surface area contributed by atoms with Gasteiger partial charge < -0.3 is 8.85 Å². The summed E-state index contributed by atoms with van der Waals surface area (Å²) in [5.41, 5.74) is 1.13. The molecule has 0 N–H and O–H groups in total. The van der Waals surface area contributed by atoms with Crippen LogP contribution in [-0.4, -0.2) is 15.2 Å². The van der Waals surface area contributed by atoms with Crippen molar-refractivity contribution in [3.63, 3.8) is 0 Å². The van der Waals surface area contributed by atoms with Crippen LogP contribution in [0.3, 0.4) is 0 Å². The smallest absolute Gasteiger partial charge is 0.392 e. The molecule has 0 saturated carbocycles. The van der Waals surface area contributed by atoms with Crippen molar-refractivity contribution in [2.24, 2.45) is 0 Å². The lowest BCUT2D eigenvalue weighted by Gasteiger charge is -2.23. The fourth-order valence-electron chi connectivity index (χ4n) is 1.33. The quantitative estimate of drug-likeness (QED) is 0.751. The number of hydrogen-bond donors (Lipinski definition) is 0. The zero-order valence-corrected chi connectivity index (χ0v) is 11.4.